The van der Waals surface area contributed by atoms with E-state index in [1.54, 1.807) is 6.07 Å². The average Bonchev–Trinajstić information content (AvgIpc) is 2.81. The summed E-state index contributed by atoms with van der Waals surface area (Å²) in [6.45, 7) is 1.95. The van der Waals surface area contributed by atoms with Crippen molar-refractivity contribution >= 4 is 28.9 Å². The van der Waals surface area contributed by atoms with Crippen molar-refractivity contribution in [2.24, 2.45) is 5.92 Å². The molecule has 1 heterocycles. The van der Waals surface area contributed by atoms with Gasteiger partial charge in [0.2, 0.25) is 5.91 Å². The first-order valence-corrected chi connectivity index (χ1v) is 6.91. The summed E-state index contributed by atoms with van der Waals surface area (Å²) in [4.78, 5) is 14.0. The van der Waals surface area contributed by atoms with Crippen LogP contribution >= 0.6 is 11.6 Å². The molecule has 1 aliphatic heterocycles. The van der Waals surface area contributed by atoms with E-state index in [-0.39, 0.29) is 5.91 Å². The molecule has 1 atom stereocenters. The Morgan fingerprint density at radius 2 is 2.32 bits per heavy atom. The van der Waals surface area contributed by atoms with Gasteiger partial charge in [-0.25, -0.2) is 0 Å². The number of halogens is 1. The maximum atomic E-state index is 12.1. The molecule has 1 aromatic rings. The lowest BCUT2D eigenvalue weighted by Crippen LogP contribution is -2.20. The second-order valence-electron chi connectivity index (χ2n) is 5.17. The van der Waals surface area contributed by atoms with Crippen LogP contribution in [0.5, 0.6) is 0 Å². The molecule has 1 fully saturated rings. The van der Waals surface area contributed by atoms with Crippen molar-refractivity contribution in [2.75, 3.05) is 37.4 Å². The van der Waals surface area contributed by atoms with Crippen LogP contribution in [0.3, 0.4) is 0 Å². The molecule has 0 radical (unpaired) electrons. The van der Waals surface area contributed by atoms with Crippen molar-refractivity contribution in [1.29, 1.82) is 0 Å². The Bertz CT molecular complexity index is 456. The number of benzene rings is 1. The van der Waals surface area contributed by atoms with Gasteiger partial charge in [0.25, 0.3) is 0 Å². The molecule has 19 heavy (non-hydrogen) atoms. The zero-order valence-corrected chi connectivity index (χ0v) is 12.1. The highest BCUT2D eigenvalue weighted by Gasteiger charge is 2.18. The third-order valence-corrected chi connectivity index (χ3v) is 3.59. The molecule has 1 saturated heterocycles. The topological polar surface area (TPSA) is 44.4 Å². The predicted octanol–water partition coefficient (Wildman–Crippen LogP) is 2.34. The minimum Gasteiger partial charge on any atom is -0.376 e. The Kier molecular flexibility index (Phi) is 4.66. The summed E-state index contributed by atoms with van der Waals surface area (Å²) in [6, 6.07) is 5.53. The van der Waals surface area contributed by atoms with E-state index in [2.05, 4.69) is 10.6 Å². The van der Waals surface area contributed by atoms with Crippen molar-refractivity contribution in [3.05, 3.63) is 23.2 Å². The van der Waals surface area contributed by atoms with E-state index >= 15 is 0 Å². The smallest absolute Gasteiger partial charge is 0.224 e. The maximum Gasteiger partial charge on any atom is 0.224 e. The lowest BCUT2D eigenvalue weighted by Gasteiger charge is -2.18. The number of nitrogens with one attached hydrogen (secondary N) is 2. The molecule has 0 bridgehead atoms. The van der Waals surface area contributed by atoms with Crippen molar-refractivity contribution in [1.82, 2.24) is 5.32 Å². The zero-order chi connectivity index (χ0) is 13.8. The fourth-order valence-electron chi connectivity index (χ4n) is 2.35. The molecule has 1 aliphatic rings. The zero-order valence-electron chi connectivity index (χ0n) is 11.4. The second kappa shape index (κ2) is 6.26. The van der Waals surface area contributed by atoms with Crippen molar-refractivity contribution in [2.45, 2.75) is 12.8 Å². The van der Waals surface area contributed by atoms with Crippen LogP contribution in [0.25, 0.3) is 0 Å². The van der Waals surface area contributed by atoms with Gasteiger partial charge in [-0.1, -0.05) is 11.6 Å². The highest BCUT2D eigenvalue weighted by molar-refractivity contribution is 6.31. The lowest BCUT2D eigenvalue weighted by atomic mass is 10.0. The fraction of sp³-hybridized carbons (Fsp3) is 0.500. The average molecular weight is 282 g/mol. The Morgan fingerprint density at radius 3 is 2.95 bits per heavy atom. The van der Waals surface area contributed by atoms with Crippen LogP contribution in [-0.4, -0.2) is 33.1 Å². The molecule has 1 amide bonds. The van der Waals surface area contributed by atoms with Gasteiger partial charge < -0.3 is 15.5 Å². The van der Waals surface area contributed by atoms with Crippen LogP contribution in [0.1, 0.15) is 12.8 Å². The Morgan fingerprint density at radius 1 is 1.53 bits per heavy atom. The molecular formula is C14H20ClN3O. The van der Waals surface area contributed by atoms with Crippen LogP contribution < -0.4 is 15.5 Å². The highest BCUT2D eigenvalue weighted by Crippen LogP contribution is 2.28. The number of carbonyl (C=O) groups is 1. The first-order chi connectivity index (χ1) is 9.06. The first-order valence-electron chi connectivity index (χ1n) is 6.53. The van der Waals surface area contributed by atoms with Gasteiger partial charge in [0, 0.05) is 25.5 Å². The normalized spacial score (nSPS) is 18.4. The van der Waals surface area contributed by atoms with Gasteiger partial charge in [0.15, 0.2) is 0 Å². The van der Waals surface area contributed by atoms with Crippen LogP contribution in [0.15, 0.2) is 18.2 Å². The minimum absolute atomic E-state index is 0.0547. The first kappa shape index (κ1) is 14.2. The Hall–Kier alpha value is -1.26. The molecule has 0 spiro atoms. The Balaban J connectivity index is 2.04. The number of nitrogens with zero attached hydrogens (tertiary/aromatic N) is 1. The van der Waals surface area contributed by atoms with Gasteiger partial charge in [0.05, 0.1) is 11.4 Å². The largest absolute Gasteiger partial charge is 0.376 e. The number of hydrogen-bond acceptors (Lipinski definition) is 3. The SMILES string of the molecule is CN(C)c1ccc(Cl)cc1NC(=O)CC1CCNC1. The molecule has 0 aliphatic carbocycles. The van der Waals surface area contributed by atoms with E-state index < -0.39 is 0 Å². The molecule has 0 saturated carbocycles. The lowest BCUT2D eigenvalue weighted by molar-refractivity contribution is -0.116. The number of amides is 1. The van der Waals surface area contributed by atoms with Gasteiger partial charge >= 0.3 is 0 Å². The number of carbonyl (C=O) groups excluding carboxylic acids is 1. The van der Waals surface area contributed by atoms with E-state index in [1.807, 2.05) is 31.1 Å². The maximum absolute atomic E-state index is 12.1. The van der Waals surface area contributed by atoms with Gasteiger partial charge in [-0.3, -0.25) is 4.79 Å². The van der Waals surface area contributed by atoms with Crippen LogP contribution in [0.4, 0.5) is 11.4 Å². The van der Waals surface area contributed by atoms with E-state index in [0.29, 0.717) is 17.4 Å². The van der Waals surface area contributed by atoms with Gasteiger partial charge in [-0.2, -0.15) is 0 Å². The standard InChI is InChI=1S/C14H20ClN3O/c1-18(2)13-4-3-11(15)8-12(13)17-14(19)7-10-5-6-16-9-10/h3-4,8,10,16H,5-7,9H2,1-2H3,(H,17,19). The summed E-state index contributed by atoms with van der Waals surface area (Å²) in [5.41, 5.74) is 1.73. The third kappa shape index (κ3) is 3.85. The van der Waals surface area contributed by atoms with Crippen molar-refractivity contribution < 1.29 is 4.79 Å². The predicted molar refractivity (Wildman–Crippen MR) is 80.0 cm³/mol. The minimum atomic E-state index is 0.0547. The second-order valence-corrected chi connectivity index (χ2v) is 5.60. The molecule has 1 aromatic carbocycles. The summed E-state index contributed by atoms with van der Waals surface area (Å²) in [5.74, 6) is 0.501. The third-order valence-electron chi connectivity index (χ3n) is 3.35. The molecule has 1 unspecified atom stereocenters. The number of rotatable bonds is 4. The van der Waals surface area contributed by atoms with E-state index in [9.17, 15) is 4.79 Å². The summed E-state index contributed by atoms with van der Waals surface area (Å²) in [5, 5.41) is 6.87. The molecule has 2 rings (SSSR count). The summed E-state index contributed by atoms with van der Waals surface area (Å²) in [7, 11) is 3.89. The summed E-state index contributed by atoms with van der Waals surface area (Å²) >= 11 is 6.00. The van der Waals surface area contributed by atoms with Crippen LogP contribution in [0, 0.1) is 5.92 Å². The number of hydrogen-bond donors (Lipinski definition) is 2. The monoisotopic (exact) mass is 281 g/mol. The fourth-order valence-corrected chi connectivity index (χ4v) is 2.52. The summed E-state index contributed by atoms with van der Waals surface area (Å²) < 4.78 is 0. The van der Waals surface area contributed by atoms with Crippen LogP contribution in [0.2, 0.25) is 5.02 Å². The van der Waals surface area contributed by atoms with Crippen molar-refractivity contribution in [3.63, 3.8) is 0 Å². The van der Waals surface area contributed by atoms with Crippen LogP contribution in [-0.2, 0) is 4.79 Å². The van der Waals surface area contributed by atoms with Gasteiger partial charge in [0.1, 0.15) is 0 Å². The van der Waals surface area contributed by atoms with E-state index in [4.69, 9.17) is 11.6 Å². The highest BCUT2D eigenvalue weighted by atomic mass is 35.5. The van der Waals surface area contributed by atoms with Gasteiger partial charge in [-0.05, 0) is 43.6 Å². The molecule has 4 nitrogen and oxygen atoms in total. The Labute approximate surface area is 119 Å². The number of anilines is 2. The van der Waals surface area contributed by atoms with E-state index in [1.165, 1.54) is 0 Å². The van der Waals surface area contributed by atoms with Gasteiger partial charge in [-0.15, -0.1) is 0 Å². The molecule has 104 valence electrons. The quantitative estimate of drug-likeness (QED) is 0.890. The molecule has 2 N–H and O–H groups in total. The molecular weight excluding hydrogens is 262 g/mol. The molecule has 0 aromatic heterocycles. The molecule has 5 heteroatoms. The van der Waals surface area contributed by atoms with Crippen molar-refractivity contribution in [3.8, 4) is 0 Å². The van der Waals surface area contributed by atoms with E-state index in [0.717, 1.165) is 30.9 Å². The summed E-state index contributed by atoms with van der Waals surface area (Å²) in [6.07, 6.45) is 1.63.